The Labute approximate surface area is 151 Å². The molecule has 4 rings (SSSR count). The zero-order chi connectivity index (χ0) is 17.4. The summed E-state index contributed by atoms with van der Waals surface area (Å²) in [5.74, 6) is 1.74. The van der Waals surface area contributed by atoms with Crippen LogP contribution in [0.5, 0.6) is 5.75 Å². The minimum atomic E-state index is 0.259. The predicted molar refractivity (Wildman–Crippen MR) is 98.4 cm³/mol. The SMILES string of the molecule is COCCO[C@@H]1CC[C@H]2[C@H]3Cc4ccc(OC)cc4[C@@]2(CCN3C)C1. The molecule has 1 saturated carbocycles. The number of piperidine rings is 1. The van der Waals surface area contributed by atoms with E-state index < -0.39 is 0 Å². The number of fused-ring (bicyclic) bond motifs is 1. The Morgan fingerprint density at radius 1 is 1.20 bits per heavy atom. The van der Waals surface area contributed by atoms with Crippen molar-refractivity contribution < 1.29 is 14.2 Å². The number of hydrogen-bond donors (Lipinski definition) is 0. The van der Waals surface area contributed by atoms with E-state index in [-0.39, 0.29) is 5.41 Å². The van der Waals surface area contributed by atoms with E-state index in [1.165, 1.54) is 37.8 Å². The lowest BCUT2D eigenvalue weighted by atomic mass is 9.52. The normalized spacial score (nSPS) is 34.3. The number of methoxy groups -OCH3 is 2. The summed E-state index contributed by atoms with van der Waals surface area (Å²) in [6, 6.07) is 7.42. The fraction of sp³-hybridized carbons (Fsp3) is 0.714. The van der Waals surface area contributed by atoms with Gasteiger partial charge in [0.1, 0.15) is 5.75 Å². The quantitative estimate of drug-likeness (QED) is 0.768. The third-order valence-electron chi connectivity index (χ3n) is 6.97. The van der Waals surface area contributed by atoms with Gasteiger partial charge in [0, 0.05) is 18.6 Å². The zero-order valence-corrected chi connectivity index (χ0v) is 15.8. The molecule has 0 radical (unpaired) electrons. The molecule has 4 atom stereocenters. The molecule has 0 N–H and O–H groups in total. The maximum atomic E-state index is 6.19. The standard InChI is InChI=1S/C21H31NO3/c1-22-9-8-21-14-17(25-11-10-23-2)6-7-18(21)20(22)12-15-4-5-16(24-3)13-19(15)21/h4-5,13,17-18,20H,6-12,14H2,1-3H3/t17-,18+,20-,21+/m1/s1. The molecular weight excluding hydrogens is 314 g/mol. The van der Waals surface area contributed by atoms with Gasteiger partial charge in [0.15, 0.2) is 0 Å². The van der Waals surface area contributed by atoms with E-state index in [9.17, 15) is 0 Å². The molecule has 0 unspecified atom stereocenters. The summed E-state index contributed by atoms with van der Waals surface area (Å²) < 4.78 is 16.9. The fourth-order valence-electron chi connectivity index (χ4n) is 5.73. The Hall–Kier alpha value is -1.10. The van der Waals surface area contributed by atoms with E-state index >= 15 is 0 Å². The van der Waals surface area contributed by atoms with Crippen molar-refractivity contribution in [3.8, 4) is 5.75 Å². The monoisotopic (exact) mass is 345 g/mol. The van der Waals surface area contributed by atoms with Crippen molar-refractivity contribution in [2.24, 2.45) is 5.92 Å². The van der Waals surface area contributed by atoms with Crippen LogP contribution in [-0.4, -0.2) is 58.1 Å². The minimum Gasteiger partial charge on any atom is -0.497 e. The van der Waals surface area contributed by atoms with Crippen molar-refractivity contribution in [2.45, 2.75) is 49.7 Å². The van der Waals surface area contributed by atoms with Crippen LogP contribution >= 0.6 is 0 Å². The van der Waals surface area contributed by atoms with Crippen LogP contribution in [0, 0.1) is 5.92 Å². The van der Waals surface area contributed by atoms with E-state index in [2.05, 4.69) is 30.1 Å². The predicted octanol–water partition coefficient (Wildman–Crippen LogP) is 3.02. The third-order valence-corrected chi connectivity index (χ3v) is 6.97. The van der Waals surface area contributed by atoms with Gasteiger partial charge in [0.05, 0.1) is 26.4 Å². The number of nitrogens with zero attached hydrogens (tertiary/aromatic N) is 1. The molecule has 1 saturated heterocycles. The molecule has 2 bridgehead atoms. The molecule has 0 amide bonds. The van der Waals surface area contributed by atoms with E-state index in [4.69, 9.17) is 14.2 Å². The highest BCUT2D eigenvalue weighted by Gasteiger charge is 2.55. The molecule has 138 valence electrons. The van der Waals surface area contributed by atoms with Crippen molar-refractivity contribution in [3.63, 3.8) is 0 Å². The summed E-state index contributed by atoms with van der Waals surface area (Å²) in [6.07, 6.45) is 6.36. The molecule has 0 spiro atoms. The van der Waals surface area contributed by atoms with Gasteiger partial charge in [-0.15, -0.1) is 0 Å². The largest absolute Gasteiger partial charge is 0.497 e. The summed E-state index contributed by atoms with van der Waals surface area (Å²) in [6.45, 7) is 2.57. The van der Waals surface area contributed by atoms with Crippen molar-refractivity contribution in [2.75, 3.05) is 41.0 Å². The molecule has 1 aliphatic heterocycles. The molecule has 2 fully saturated rings. The smallest absolute Gasteiger partial charge is 0.119 e. The molecule has 25 heavy (non-hydrogen) atoms. The van der Waals surface area contributed by atoms with Crippen molar-refractivity contribution in [1.82, 2.24) is 4.90 Å². The number of likely N-dealkylation sites (tertiary alicyclic amines) is 1. The first-order chi connectivity index (χ1) is 12.2. The van der Waals surface area contributed by atoms with Gasteiger partial charge in [0.25, 0.3) is 0 Å². The van der Waals surface area contributed by atoms with Gasteiger partial charge in [-0.25, -0.2) is 0 Å². The summed E-state index contributed by atoms with van der Waals surface area (Å²) in [7, 11) is 5.82. The van der Waals surface area contributed by atoms with Gasteiger partial charge < -0.3 is 19.1 Å². The summed E-state index contributed by atoms with van der Waals surface area (Å²) in [4.78, 5) is 2.60. The molecule has 0 aromatic heterocycles. The number of benzene rings is 1. The molecular formula is C21H31NO3. The second-order valence-corrected chi connectivity index (χ2v) is 8.05. The highest BCUT2D eigenvalue weighted by Crippen LogP contribution is 2.56. The van der Waals surface area contributed by atoms with Crippen molar-refractivity contribution >= 4 is 0 Å². The molecule has 3 aliphatic rings. The van der Waals surface area contributed by atoms with Crippen LogP contribution in [0.25, 0.3) is 0 Å². The Morgan fingerprint density at radius 2 is 2.08 bits per heavy atom. The van der Waals surface area contributed by atoms with Gasteiger partial charge in [-0.2, -0.15) is 0 Å². The number of hydrogen-bond acceptors (Lipinski definition) is 4. The summed E-state index contributed by atoms with van der Waals surface area (Å²) >= 11 is 0. The van der Waals surface area contributed by atoms with Crippen molar-refractivity contribution in [3.05, 3.63) is 29.3 Å². The number of rotatable bonds is 5. The molecule has 2 aliphatic carbocycles. The number of ether oxygens (including phenoxy) is 3. The second kappa shape index (κ2) is 6.90. The highest BCUT2D eigenvalue weighted by atomic mass is 16.5. The van der Waals surface area contributed by atoms with E-state index in [1.807, 2.05) is 0 Å². The molecule has 1 heterocycles. The van der Waals surface area contributed by atoms with E-state index in [1.54, 1.807) is 19.8 Å². The topological polar surface area (TPSA) is 30.9 Å². The van der Waals surface area contributed by atoms with Crippen LogP contribution in [0.15, 0.2) is 18.2 Å². The zero-order valence-electron chi connectivity index (χ0n) is 15.8. The molecule has 1 aromatic carbocycles. The summed E-state index contributed by atoms with van der Waals surface area (Å²) in [5.41, 5.74) is 3.32. The van der Waals surface area contributed by atoms with Gasteiger partial charge in [-0.05, 0) is 74.9 Å². The van der Waals surface area contributed by atoms with Crippen LogP contribution in [0.3, 0.4) is 0 Å². The van der Waals surface area contributed by atoms with Crippen LogP contribution in [0.2, 0.25) is 0 Å². The van der Waals surface area contributed by atoms with Crippen LogP contribution in [-0.2, 0) is 21.3 Å². The van der Waals surface area contributed by atoms with Crippen molar-refractivity contribution in [1.29, 1.82) is 0 Å². The maximum absolute atomic E-state index is 6.19. The lowest BCUT2D eigenvalue weighted by Crippen LogP contribution is -2.61. The van der Waals surface area contributed by atoms with E-state index in [0.29, 0.717) is 25.4 Å². The summed E-state index contributed by atoms with van der Waals surface area (Å²) in [5, 5.41) is 0. The minimum absolute atomic E-state index is 0.259. The average Bonchev–Trinajstić information content (AvgIpc) is 2.64. The lowest BCUT2D eigenvalue weighted by Gasteiger charge is -2.59. The second-order valence-electron chi connectivity index (χ2n) is 8.05. The first-order valence-corrected chi connectivity index (χ1v) is 9.66. The lowest BCUT2D eigenvalue weighted by molar-refractivity contribution is -0.0724. The molecule has 1 aromatic rings. The van der Waals surface area contributed by atoms with E-state index in [0.717, 1.165) is 18.1 Å². The Morgan fingerprint density at radius 3 is 2.88 bits per heavy atom. The maximum Gasteiger partial charge on any atom is 0.119 e. The van der Waals surface area contributed by atoms with Crippen LogP contribution < -0.4 is 4.74 Å². The number of likely N-dealkylation sites (N-methyl/N-ethyl adjacent to an activating group) is 1. The molecule has 4 nitrogen and oxygen atoms in total. The van der Waals surface area contributed by atoms with Gasteiger partial charge in [-0.3, -0.25) is 0 Å². The van der Waals surface area contributed by atoms with Gasteiger partial charge >= 0.3 is 0 Å². The first kappa shape index (κ1) is 17.3. The Bertz CT molecular complexity index is 619. The third kappa shape index (κ3) is 2.88. The van der Waals surface area contributed by atoms with Gasteiger partial charge in [-0.1, -0.05) is 6.07 Å². The Kier molecular flexibility index (Phi) is 4.78. The van der Waals surface area contributed by atoms with Crippen LogP contribution in [0.4, 0.5) is 0 Å². The Balaban J connectivity index is 1.69. The average molecular weight is 345 g/mol. The van der Waals surface area contributed by atoms with Crippen LogP contribution in [0.1, 0.15) is 36.8 Å². The first-order valence-electron chi connectivity index (χ1n) is 9.66. The van der Waals surface area contributed by atoms with Gasteiger partial charge in [0.2, 0.25) is 0 Å². The fourth-order valence-corrected chi connectivity index (χ4v) is 5.73. The molecule has 4 heteroatoms. The highest BCUT2D eigenvalue weighted by molar-refractivity contribution is 5.45.